The van der Waals surface area contributed by atoms with E-state index in [0.717, 1.165) is 37.4 Å². The second-order valence-electron chi connectivity index (χ2n) is 7.05. The highest BCUT2D eigenvalue weighted by Crippen LogP contribution is 2.20. The van der Waals surface area contributed by atoms with Crippen LogP contribution in [0.1, 0.15) is 21.8 Å². The lowest BCUT2D eigenvalue weighted by Crippen LogP contribution is -2.46. The fourth-order valence-electron chi connectivity index (χ4n) is 3.33. The van der Waals surface area contributed by atoms with Gasteiger partial charge in [0.15, 0.2) is 0 Å². The van der Waals surface area contributed by atoms with Crippen molar-refractivity contribution in [3.63, 3.8) is 0 Å². The Labute approximate surface area is 163 Å². The SMILES string of the molecule is Cc1ccc(-c2noc(CN3CCN(c4ccc(C(N)=O)cc4)CC3)n2)cc1. The number of carbonyl (C=O) groups excluding carboxylic acids is 1. The summed E-state index contributed by atoms with van der Waals surface area (Å²) in [5, 5.41) is 4.11. The Kier molecular flexibility index (Phi) is 5.08. The molecule has 0 unspecified atom stereocenters. The van der Waals surface area contributed by atoms with Crippen molar-refractivity contribution in [1.29, 1.82) is 0 Å². The van der Waals surface area contributed by atoms with E-state index in [0.29, 0.717) is 23.8 Å². The first-order chi connectivity index (χ1) is 13.6. The maximum atomic E-state index is 11.2. The van der Waals surface area contributed by atoms with E-state index in [4.69, 9.17) is 10.3 Å². The fourth-order valence-corrected chi connectivity index (χ4v) is 3.33. The Balaban J connectivity index is 1.33. The lowest BCUT2D eigenvalue weighted by Gasteiger charge is -2.35. The highest BCUT2D eigenvalue weighted by Gasteiger charge is 2.20. The summed E-state index contributed by atoms with van der Waals surface area (Å²) in [6, 6.07) is 15.5. The molecule has 0 saturated carbocycles. The summed E-state index contributed by atoms with van der Waals surface area (Å²) in [5.41, 5.74) is 9.10. The largest absolute Gasteiger partial charge is 0.369 e. The summed E-state index contributed by atoms with van der Waals surface area (Å²) in [6.07, 6.45) is 0. The highest BCUT2D eigenvalue weighted by molar-refractivity contribution is 5.93. The molecule has 7 heteroatoms. The number of hydrogen-bond acceptors (Lipinski definition) is 6. The van der Waals surface area contributed by atoms with Crippen LogP contribution in [-0.2, 0) is 6.54 Å². The van der Waals surface area contributed by atoms with Crippen LogP contribution in [0.2, 0.25) is 0 Å². The molecule has 1 saturated heterocycles. The van der Waals surface area contributed by atoms with E-state index in [-0.39, 0.29) is 0 Å². The van der Waals surface area contributed by atoms with Gasteiger partial charge >= 0.3 is 0 Å². The van der Waals surface area contributed by atoms with Crippen molar-refractivity contribution in [1.82, 2.24) is 15.0 Å². The van der Waals surface area contributed by atoms with Crippen molar-refractivity contribution in [2.75, 3.05) is 31.1 Å². The van der Waals surface area contributed by atoms with E-state index in [2.05, 4.69) is 26.9 Å². The topological polar surface area (TPSA) is 88.5 Å². The minimum absolute atomic E-state index is 0.402. The van der Waals surface area contributed by atoms with E-state index in [1.165, 1.54) is 5.56 Å². The van der Waals surface area contributed by atoms with Gasteiger partial charge in [0.05, 0.1) is 6.54 Å². The van der Waals surface area contributed by atoms with E-state index in [9.17, 15) is 4.79 Å². The molecule has 7 nitrogen and oxygen atoms in total. The number of benzene rings is 2. The van der Waals surface area contributed by atoms with Crippen LogP contribution in [-0.4, -0.2) is 47.1 Å². The number of aromatic nitrogens is 2. The Morgan fingerprint density at radius 3 is 2.36 bits per heavy atom. The van der Waals surface area contributed by atoms with Gasteiger partial charge in [-0.05, 0) is 31.2 Å². The second kappa shape index (κ2) is 7.82. The summed E-state index contributed by atoms with van der Waals surface area (Å²) in [7, 11) is 0. The van der Waals surface area contributed by atoms with E-state index >= 15 is 0 Å². The summed E-state index contributed by atoms with van der Waals surface area (Å²) in [6.45, 7) is 6.30. The monoisotopic (exact) mass is 377 g/mol. The molecule has 1 aromatic heterocycles. The number of anilines is 1. The third-order valence-corrected chi connectivity index (χ3v) is 5.03. The number of piperazine rings is 1. The molecule has 0 radical (unpaired) electrons. The predicted octanol–water partition coefficient (Wildman–Crippen LogP) is 2.47. The molecule has 1 amide bonds. The number of aryl methyl sites for hydroxylation is 1. The normalized spacial score (nSPS) is 15.0. The van der Waals surface area contributed by atoms with Crippen LogP contribution >= 0.6 is 0 Å². The van der Waals surface area contributed by atoms with Gasteiger partial charge in [-0.2, -0.15) is 4.98 Å². The molecule has 28 heavy (non-hydrogen) atoms. The summed E-state index contributed by atoms with van der Waals surface area (Å²) < 4.78 is 5.44. The maximum Gasteiger partial charge on any atom is 0.248 e. The molecule has 144 valence electrons. The minimum Gasteiger partial charge on any atom is -0.369 e. The highest BCUT2D eigenvalue weighted by atomic mass is 16.5. The number of primary amides is 1. The number of hydrogen-bond donors (Lipinski definition) is 1. The molecule has 4 rings (SSSR count). The van der Waals surface area contributed by atoms with E-state index in [1.807, 2.05) is 36.4 Å². The number of carbonyl (C=O) groups is 1. The van der Waals surface area contributed by atoms with Gasteiger partial charge < -0.3 is 15.2 Å². The van der Waals surface area contributed by atoms with Crippen molar-refractivity contribution in [2.24, 2.45) is 5.73 Å². The van der Waals surface area contributed by atoms with Crippen LogP contribution < -0.4 is 10.6 Å². The molecule has 3 aromatic rings. The molecule has 0 spiro atoms. The molecule has 1 aliphatic heterocycles. The molecule has 2 N–H and O–H groups in total. The number of nitrogens with two attached hydrogens (primary N) is 1. The van der Waals surface area contributed by atoms with Crippen LogP contribution in [0.15, 0.2) is 53.1 Å². The first-order valence-electron chi connectivity index (χ1n) is 9.35. The third-order valence-electron chi connectivity index (χ3n) is 5.03. The van der Waals surface area contributed by atoms with E-state index < -0.39 is 5.91 Å². The quantitative estimate of drug-likeness (QED) is 0.735. The van der Waals surface area contributed by atoms with Gasteiger partial charge in [-0.1, -0.05) is 35.0 Å². The van der Waals surface area contributed by atoms with Gasteiger partial charge in [-0.15, -0.1) is 0 Å². The first-order valence-corrected chi connectivity index (χ1v) is 9.35. The van der Waals surface area contributed by atoms with Crippen molar-refractivity contribution in [3.8, 4) is 11.4 Å². The summed E-state index contributed by atoms with van der Waals surface area (Å²) in [5.74, 6) is 0.860. The zero-order chi connectivity index (χ0) is 19.5. The lowest BCUT2D eigenvalue weighted by atomic mass is 10.1. The smallest absolute Gasteiger partial charge is 0.248 e. The molecule has 1 fully saturated rings. The Morgan fingerprint density at radius 2 is 1.71 bits per heavy atom. The van der Waals surface area contributed by atoms with Crippen molar-refractivity contribution < 1.29 is 9.32 Å². The van der Waals surface area contributed by atoms with Gasteiger partial charge in [0.1, 0.15) is 0 Å². The zero-order valence-electron chi connectivity index (χ0n) is 15.8. The van der Waals surface area contributed by atoms with Gasteiger partial charge in [0.25, 0.3) is 0 Å². The van der Waals surface area contributed by atoms with Crippen LogP contribution in [0.4, 0.5) is 5.69 Å². The number of rotatable bonds is 5. The van der Waals surface area contributed by atoms with Crippen molar-refractivity contribution in [2.45, 2.75) is 13.5 Å². The molecule has 2 aromatic carbocycles. The van der Waals surface area contributed by atoms with Crippen molar-refractivity contribution >= 4 is 11.6 Å². The average molecular weight is 377 g/mol. The summed E-state index contributed by atoms with van der Waals surface area (Å²) in [4.78, 5) is 20.3. The Morgan fingerprint density at radius 1 is 1.04 bits per heavy atom. The van der Waals surface area contributed by atoms with Crippen LogP contribution in [0, 0.1) is 6.92 Å². The molecule has 2 heterocycles. The first kappa shape index (κ1) is 18.2. The molecule has 0 bridgehead atoms. The molecular formula is C21H23N5O2. The minimum atomic E-state index is -0.402. The molecule has 0 aliphatic carbocycles. The second-order valence-corrected chi connectivity index (χ2v) is 7.05. The predicted molar refractivity (Wildman–Crippen MR) is 107 cm³/mol. The molecule has 0 atom stereocenters. The van der Waals surface area contributed by atoms with E-state index in [1.54, 1.807) is 12.1 Å². The Bertz CT molecular complexity index is 942. The zero-order valence-corrected chi connectivity index (χ0v) is 15.8. The maximum absolute atomic E-state index is 11.2. The van der Waals surface area contributed by atoms with Crippen LogP contribution in [0.25, 0.3) is 11.4 Å². The Hall–Kier alpha value is -3.19. The summed E-state index contributed by atoms with van der Waals surface area (Å²) >= 11 is 0. The number of nitrogens with zero attached hydrogens (tertiary/aromatic N) is 4. The van der Waals surface area contributed by atoms with Crippen molar-refractivity contribution in [3.05, 3.63) is 65.5 Å². The lowest BCUT2D eigenvalue weighted by molar-refractivity contribution is 0.100. The molecular weight excluding hydrogens is 354 g/mol. The number of amides is 1. The van der Waals surface area contributed by atoms with Gasteiger partial charge in [0, 0.05) is 43.0 Å². The average Bonchev–Trinajstić information content (AvgIpc) is 3.18. The fraction of sp³-hybridized carbons (Fsp3) is 0.286. The van der Waals surface area contributed by atoms with Crippen LogP contribution in [0.3, 0.4) is 0 Å². The standard InChI is InChI=1S/C21H23N5O2/c1-15-2-4-17(5-3-15)21-23-19(28-24-21)14-25-10-12-26(13-11-25)18-8-6-16(7-9-18)20(22)27/h2-9H,10-14H2,1H3,(H2,22,27). The van der Waals surface area contributed by atoms with Gasteiger partial charge in [-0.25, -0.2) is 0 Å². The van der Waals surface area contributed by atoms with Gasteiger partial charge in [0.2, 0.25) is 17.6 Å². The van der Waals surface area contributed by atoms with Crippen LogP contribution in [0.5, 0.6) is 0 Å². The molecule has 1 aliphatic rings. The van der Waals surface area contributed by atoms with Gasteiger partial charge in [-0.3, -0.25) is 9.69 Å². The third kappa shape index (κ3) is 4.04.